The standard InChI is InChI=1S/C10H20O/c1-4-8-6-10(11)7(3)9(8)5-2/h7-11H,4-6H2,1-3H3/t7-,8?,9?,10?/m1/s1. The molecule has 1 aliphatic rings. The first-order valence-corrected chi connectivity index (χ1v) is 4.88. The molecule has 0 heterocycles. The Kier molecular flexibility index (Phi) is 2.94. The summed E-state index contributed by atoms with van der Waals surface area (Å²) in [6.45, 7) is 6.66. The number of aliphatic hydroxyl groups is 1. The molecule has 1 saturated carbocycles. The lowest BCUT2D eigenvalue weighted by atomic mass is 9.86. The number of hydrogen-bond donors (Lipinski definition) is 1. The van der Waals surface area contributed by atoms with Gasteiger partial charge in [0.05, 0.1) is 6.10 Å². The van der Waals surface area contributed by atoms with Gasteiger partial charge in [-0.3, -0.25) is 0 Å². The van der Waals surface area contributed by atoms with Crippen molar-refractivity contribution in [2.75, 3.05) is 0 Å². The summed E-state index contributed by atoms with van der Waals surface area (Å²) < 4.78 is 0. The summed E-state index contributed by atoms with van der Waals surface area (Å²) in [5, 5.41) is 9.60. The monoisotopic (exact) mass is 156 g/mol. The van der Waals surface area contributed by atoms with Crippen molar-refractivity contribution in [3.8, 4) is 0 Å². The van der Waals surface area contributed by atoms with Gasteiger partial charge in [-0.1, -0.05) is 33.6 Å². The van der Waals surface area contributed by atoms with Crippen LogP contribution in [0, 0.1) is 17.8 Å². The number of rotatable bonds is 2. The van der Waals surface area contributed by atoms with E-state index in [2.05, 4.69) is 20.8 Å². The van der Waals surface area contributed by atoms with Crippen LogP contribution in [-0.2, 0) is 0 Å². The molecule has 4 atom stereocenters. The lowest BCUT2D eigenvalue weighted by molar-refractivity contribution is 0.127. The molecule has 1 rings (SSSR count). The van der Waals surface area contributed by atoms with Gasteiger partial charge in [0.1, 0.15) is 0 Å². The first kappa shape index (κ1) is 9.05. The fourth-order valence-electron chi connectivity index (χ4n) is 2.59. The Labute approximate surface area is 69.8 Å². The topological polar surface area (TPSA) is 20.2 Å². The normalized spacial score (nSPS) is 44.7. The van der Waals surface area contributed by atoms with E-state index in [0.717, 1.165) is 18.3 Å². The SMILES string of the molecule is CCC1CC(O)[C@H](C)C1CC. The molecular weight excluding hydrogens is 136 g/mol. The average molecular weight is 156 g/mol. The van der Waals surface area contributed by atoms with Crippen LogP contribution in [0.15, 0.2) is 0 Å². The Hall–Kier alpha value is -0.0400. The van der Waals surface area contributed by atoms with Crippen LogP contribution in [0.5, 0.6) is 0 Å². The zero-order valence-electron chi connectivity index (χ0n) is 7.88. The van der Waals surface area contributed by atoms with E-state index in [-0.39, 0.29) is 6.10 Å². The molecule has 0 bridgehead atoms. The van der Waals surface area contributed by atoms with E-state index in [4.69, 9.17) is 0 Å². The maximum Gasteiger partial charge on any atom is 0.0571 e. The van der Waals surface area contributed by atoms with Gasteiger partial charge in [-0.2, -0.15) is 0 Å². The van der Waals surface area contributed by atoms with Crippen molar-refractivity contribution < 1.29 is 5.11 Å². The van der Waals surface area contributed by atoms with Crippen LogP contribution in [0.3, 0.4) is 0 Å². The van der Waals surface area contributed by atoms with Gasteiger partial charge in [-0.05, 0) is 24.2 Å². The van der Waals surface area contributed by atoms with Crippen molar-refractivity contribution in [3.63, 3.8) is 0 Å². The van der Waals surface area contributed by atoms with Crippen molar-refractivity contribution in [1.29, 1.82) is 0 Å². The van der Waals surface area contributed by atoms with Gasteiger partial charge >= 0.3 is 0 Å². The molecule has 0 aromatic heterocycles. The van der Waals surface area contributed by atoms with Crippen LogP contribution in [0.2, 0.25) is 0 Å². The first-order chi connectivity index (χ1) is 5.20. The lowest BCUT2D eigenvalue weighted by Gasteiger charge is -2.19. The minimum atomic E-state index is -0.0232. The summed E-state index contributed by atoms with van der Waals surface area (Å²) in [7, 11) is 0. The van der Waals surface area contributed by atoms with Gasteiger partial charge in [0.2, 0.25) is 0 Å². The summed E-state index contributed by atoms with van der Waals surface area (Å²) >= 11 is 0. The van der Waals surface area contributed by atoms with E-state index in [0.29, 0.717) is 5.92 Å². The highest BCUT2D eigenvalue weighted by molar-refractivity contribution is 4.87. The van der Waals surface area contributed by atoms with Gasteiger partial charge < -0.3 is 5.11 Å². The van der Waals surface area contributed by atoms with Crippen molar-refractivity contribution in [1.82, 2.24) is 0 Å². The average Bonchev–Trinajstić information content (AvgIpc) is 2.28. The number of hydrogen-bond acceptors (Lipinski definition) is 1. The van der Waals surface area contributed by atoms with Crippen molar-refractivity contribution in [2.24, 2.45) is 17.8 Å². The highest BCUT2D eigenvalue weighted by Crippen LogP contribution is 2.40. The van der Waals surface area contributed by atoms with Crippen LogP contribution < -0.4 is 0 Å². The minimum Gasteiger partial charge on any atom is -0.393 e. The van der Waals surface area contributed by atoms with Crippen LogP contribution in [0.1, 0.15) is 40.0 Å². The predicted molar refractivity (Wildman–Crippen MR) is 47.3 cm³/mol. The molecule has 0 radical (unpaired) electrons. The molecule has 1 fully saturated rings. The Balaban J connectivity index is 2.57. The second-order valence-corrected chi connectivity index (χ2v) is 3.90. The molecule has 3 unspecified atom stereocenters. The maximum absolute atomic E-state index is 9.60. The van der Waals surface area contributed by atoms with E-state index in [9.17, 15) is 5.11 Å². The van der Waals surface area contributed by atoms with Crippen molar-refractivity contribution >= 4 is 0 Å². The molecule has 1 aliphatic carbocycles. The zero-order chi connectivity index (χ0) is 8.43. The van der Waals surface area contributed by atoms with E-state index in [1.54, 1.807) is 0 Å². The second-order valence-electron chi connectivity index (χ2n) is 3.90. The molecule has 0 aromatic carbocycles. The predicted octanol–water partition coefficient (Wildman–Crippen LogP) is 2.44. The van der Waals surface area contributed by atoms with Crippen molar-refractivity contribution in [3.05, 3.63) is 0 Å². The van der Waals surface area contributed by atoms with Crippen LogP contribution in [0.4, 0.5) is 0 Å². The van der Waals surface area contributed by atoms with E-state index < -0.39 is 0 Å². The molecule has 0 aliphatic heterocycles. The first-order valence-electron chi connectivity index (χ1n) is 4.88. The summed E-state index contributed by atoms with van der Waals surface area (Å²) in [6, 6.07) is 0. The molecule has 11 heavy (non-hydrogen) atoms. The van der Waals surface area contributed by atoms with E-state index in [1.807, 2.05) is 0 Å². The van der Waals surface area contributed by atoms with Gasteiger partial charge in [0, 0.05) is 0 Å². The van der Waals surface area contributed by atoms with E-state index in [1.165, 1.54) is 12.8 Å². The highest BCUT2D eigenvalue weighted by atomic mass is 16.3. The Morgan fingerprint density at radius 1 is 1.27 bits per heavy atom. The van der Waals surface area contributed by atoms with Gasteiger partial charge in [0.15, 0.2) is 0 Å². The van der Waals surface area contributed by atoms with Gasteiger partial charge in [-0.15, -0.1) is 0 Å². The largest absolute Gasteiger partial charge is 0.393 e. The Bertz CT molecular complexity index is 122. The minimum absolute atomic E-state index is 0.0232. The highest BCUT2D eigenvalue weighted by Gasteiger charge is 2.37. The third-order valence-electron chi connectivity index (χ3n) is 3.43. The molecule has 0 aromatic rings. The fraction of sp³-hybridized carbons (Fsp3) is 1.00. The molecular formula is C10H20O. The summed E-state index contributed by atoms with van der Waals surface area (Å²) in [5.41, 5.74) is 0. The lowest BCUT2D eigenvalue weighted by Crippen LogP contribution is -2.15. The zero-order valence-corrected chi connectivity index (χ0v) is 7.88. The molecule has 0 spiro atoms. The van der Waals surface area contributed by atoms with Crippen molar-refractivity contribution in [2.45, 2.75) is 46.1 Å². The summed E-state index contributed by atoms with van der Waals surface area (Å²) in [4.78, 5) is 0. The van der Waals surface area contributed by atoms with Gasteiger partial charge in [0.25, 0.3) is 0 Å². The van der Waals surface area contributed by atoms with Crippen LogP contribution >= 0.6 is 0 Å². The summed E-state index contributed by atoms with van der Waals surface area (Å²) in [6.07, 6.45) is 3.48. The third kappa shape index (κ3) is 1.58. The molecule has 0 saturated heterocycles. The third-order valence-corrected chi connectivity index (χ3v) is 3.43. The smallest absolute Gasteiger partial charge is 0.0571 e. The molecule has 1 nitrogen and oxygen atoms in total. The van der Waals surface area contributed by atoms with E-state index >= 15 is 0 Å². The maximum atomic E-state index is 9.60. The Morgan fingerprint density at radius 3 is 2.27 bits per heavy atom. The fourth-order valence-corrected chi connectivity index (χ4v) is 2.59. The molecule has 1 heteroatoms. The van der Waals surface area contributed by atoms with Crippen LogP contribution in [0.25, 0.3) is 0 Å². The van der Waals surface area contributed by atoms with Gasteiger partial charge in [-0.25, -0.2) is 0 Å². The molecule has 1 N–H and O–H groups in total. The molecule has 0 amide bonds. The quantitative estimate of drug-likeness (QED) is 0.651. The summed E-state index contributed by atoms with van der Waals surface area (Å²) in [5.74, 6) is 2.09. The van der Waals surface area contributed by atoms with Crippen LogP contribution in [-0.4, -0.2) is 11.2 Å². The Morgan fingerprint density at radius 2 is 1.91 bits per heavy atom. The second kappa shape index (κ2) is 3.57. The molecule has 66 valence electrons. The number of aliphatic hydroxyl groups excluding tert-OH is 1.